The highest BCUT2D eigenvalue weighted by Crippen LogP contribution is 2.32. The molecule has 0 unspecified atom stereocenters. The van der Waals surface area contributed by atoms with Crippen LogP contribution in [0.1, 0.15) is 10.4 Å². The Morgan fingerprint density at radius 3 is 2.64 bits per heavy atom. The van der Waals surface area contributed by atoms with Crippen LogP contribution in [-0.2, 0) is 4.74 Å². The molecule has 0 radical (unpaired) electrons. The van der Waals surface area contributed by atoms with Gasteiger partial charge in [-0.05, 0) is 18.2 Å². The van der Waals surface area contributed by atoms with Crippen molar-refractivity contribution in [3.63, 3.8) is 0 Å². The van der Waals surface area contributed by atoms with Crippen molar-refractivity contribution in [2.45, 2.75) is 0 Å². The van der Waals surface area contributed by atoms with Gasteiger partial charge in [0.05, 0.1) is 18.9 Å². The maximum atomic E-state index is 13.5. The van der Waals surface area contributed by atoms with E-state index in [-0.39, 0.29) is 16.9 Å². The fourth-order valence-corrected chi connectivity index (χ4v) is 3.35. The van der Waals surface area contributed by atoms with E-state index in [2.05, 4.69) is 10.1 Å². The van der Waals surface area contributed by atoms with Gasteiger partial charge in [-0.15, -0.1) is 11.3 Å². The van der Waals surface area contributed by atoms with Crippen LogP contribution < -0.4 is 20.6 Å². The lowest BCUT2D eigenvalue weighted by Crippen LogP contribution is -2.30. The number of anilines is 2. The van der Waals surface area contributed by atoms with E-state index < -0.39 is 23.4 Å². The lowest BCUT2D eigenvalue weighted by atomic mass is 10.3. The van der Waals surface area contributed by atoms with Crippen LogP contribution in [0.25, 0.3) is 10.3 Å². The third kappa shape index (κ3) is 3.67. The van der Waals surface area contributed by atoms with Crippen LogP contribution in [0, 0.1) is 5.82 Å². The highest BCUT2D eigenvalue weighted by Gasteiger charge is 2.19. The molecule has 28 heavy (non-hydrogen) atoms. The first-order chi connectivity index (χ1) is 13.3. The van der Waals surface area contributed by atoms with Gasteiger partial charge in [0, 0.05) is 24.9 Å². The molecule has 3 aromatic rings. The molecular formula is C18H15FN2O6S. The summed E-state index contributed by atoms with van der Waals surface area (Å²) in [6.07, 6.45) is 0. The van der Waals surface area contributed by atoms with Gasteiger partial charge in [-0.3, -0.25) is 4.90 Å². The molecule has 3 rings (SSSR count). The van der Waals surface area contributed by atoms with Gasteiger partial charge >= 0.3 is 17.6 Å². The maximum Gasteiger partial charge on any atom is 0.351 e. The van der Waals surface area contributed by atoms with Gasteiger partial charge in [-0.25, -0.2) is 18.8 Å². The number of ether oxygens (including phenoxy) is 2. The number of fused-ring (bicyclic) bond motifs is 1. The number of esters is 1. The van der Waals surface area contributed by atoms with Gasteiger partial charge in [0.15, 0.2) is 17.1 Å². The number of carbonyl (C=O) groups is 2. The van der Waals surface area contributed by atoms with E-state index in [4.69, 9.17) is 9.15 Å². The van der Waals surface area contributed by atoms with Crippen molar-refractivity contribution in [2.24, 2.45) is 0 Å². The minimum Gasteiger partial charge on any atom is -0.494 e. The fourth-order valence-electron chi connectivity index (χ4n) is 2.36. The number of rotatable bonds is 4. The molecule has 0 saturated carbocycles. The SMILES string of the molecule is COC(=O)c1cc2sc(N(C)C(=O)Nc3ccc(F)c(OC)c3)cc2oc1=O. The van der Waals surface area contributed by atoms with Crippen molar-refractivity contribution in [2.75, 3.05) is 31.5 Å². The first-order valence-electron chi connectivity index (χ1n) is 7.88. The number of hydrogen-bond donors (Lipinski definition) is 1. The molecule has 0 spiro atoms. The van der Waals surface area contributed by atoms with Crippen LogP contribution in [-0.4, -0.2) is 33.3 Å². The number of thiophene rings is 1. The normalized spacial score (nSPS) is 10.6. The van der Waals surface area contributed by atoms with Crippen molar-refractivity contribution in [3.05, 3.63) is 52.1 Å². The molecule has 0 atom stereocenters. The van der Waals surface area contributed by atoms with E-state index in [0.29, 0.717) is 15.4 Å². The third-order valence-electron chi connectivity index (χ3n) is 3.85. The van der Waals surface area contributed by atoms with Gasteiger partial charge < -0.3 is 19.2 Å². The molecule has 0 aliphatic heterocycles. The highest BCUT2D eigenvalue weighted by molar-refractivity contribution is 7.22. The first-order valence-corrected chi connectivity index (χ1v) is 8.70. The van der Waals surface area contributed by atoms with E-state index in [0.717, 1.165) is 18.4 Å². The Bertz CT molecular complexity index is 1120. The number of urea groups is 1. The van der Waals surface area contributed by atoms with Crippen LogP contribution in [0.5, 0.6) is 5.75 Å². The predicted molar refractivity (Wildman–Crippen MR) is 102 cm³/mol. The molecule has 0 saturated heterocycles. The van der Waals surface area contributed by atoms with Crippen molar-refractivity contribution < 1.29 is 27.9 Å². The first kappa shape index (κ1) is 19.4. The van der Waals surface area contributed by atoms with Crippen molar-refractivity contribution in [3.8, 4) is 5.75 Å². The second kappa shape index (κ2) is 7.69. The lowest BCUT2D eigenvalue weighted by molar-refractivity contribution is 0.0596. The fraction of sp³-hybridized carbons (Fsp3) is 0.167. The van der Waals surface area contributed by atoms with Crippen molar-refractivity contribution >= 4 is 44.3 Å². The quantitative estimate of drug-likeness (QED) is 0.667. The minimum atomic E-state index is -0.825. The molecule has 2 aromatic heterocycles. The maximum absolute atomic E-state index is 13.5. The molecule has 0 aliphatic rings. The summed E-state index contributed by atoms with van der Waals surface area (Å²) in [7, 11) is 4.00. The number of nitrogens with one attached hydrogen (secondary N) is 1. The van der Waals surface area contributed by atoms with Crippen molar-refractivity contribution in [1.82, 2.24) is 0 Å². The molecule has 10 heteroatoms. The molecule has 1 N–H and O–H groups in total. The van der Waals surface area contributed by atoms with Crippen LogP contribution >= 0.6 is 11.3 Å². The summed E-state index contributed by atoms with van der Waals surface area (Å²) in [5.41, 5.74) is -0.473. The van der Waals surface area contributed by atoms with Gasteiger partial charge in [-0.2, -0.15) is 0 Å². The standard InChI is InChI=1S/C18H15FN2O6S/c1-21(18(24)20-9-4-5-11(19)12(6-9)25-2)15-8-13-14(28-15)7-10(16(22)26-3)17(23)27-13/h4-8H,1-3H3,(H,20,24). The zero-order valence-electron chi connectivity index (χ0n) is 15.1. The Balaban J connectivity index is 1.86. The number of nitrogens with zero attached hydrogens (tertiary/aromatic N) is 1. The summed E-state index contributed by atoms with van der Waals surface area (Å²) in [5, 5.41) is 3.08. The Hall–Kier alpha value is -3.40. The van der Waals surface area contributed by atoms with Crippen LogP contribution in [0.15, 0.2) is 39.5 Å². The third-order valence-corrected chi connectivity index (χ3v) is 4.99. The molecule has 0 fully saturated rings. The average molecular weight is 406 g/mol. The summed E-state index contributed by atoms with van der Waals surface area (Å²) in [6, 6.07) is 6.29. The van der Waals surface area contributed by atoms with Crippen LogP contribution in [0.3, 0.4) is 0 Å². The summed E-state index contributed by atoms with van der Waals surface area (Å²) in [5.74, 6) is -1.35. The van der Waals surface area contributed by atoms with Crippen LogP contribution in [0.4, 0.5) is 19.9 Å². The largest absolute Gasteiger partial charge is 0.494 e. The molecule has 8 nitrogen and oxygen atoms in total. The number of halogens is 1. The summed E-state index contributed by atoms with van der Waals surface area (Å²) in [6.45, 7) is 0. The molecule has 2 amide bonds. The molecule has 1 aromatic carbocycles. The Labute approximate surface area is 162 Å². The molecule has 146 valence electrons. The molecule has 2 heterocycles. The Morgan fingerprint density at radius 2 is 1.96 bits per heavy atom. The topological polar surface area (TPSA) is 98.1 Å². The average Bonchev–Trinajstić information content (AvgIpc) is 3.10. The van der Waals surface area contributed by atoms with E-state index in [1.54, 1.807) is 0 Å². The van der Waals surface area contributed by atoms with Gasteiger partial charge in [0.1, 0.15) is 10.6 Å². The van der Waals surface area contributed by atoms with E-state index in [1.165, 1.54) is 49.4 Å². The molecule has 0 bridgehead atoms. The number of carbonyl (C=O) groups excluding carboxylic acids is 2. The number of amides is 2. The Morgan fingerprint density at radius 1 is 1.21 bits per heavy atom. The van der Waals surface area contributed by atoms with Crippen molar-refractivity contribution in [1.29, 1.82) is 0 Å². The van der Waals surface area contributed by atoms with E-state index in [9.17, 15) is 18.8 Å². The highest BCUT2D eigenvalue weighted by atomic mass is 32.1. The van der Waals surface area contributed by atoms with Gasteiger partial charge in [-0.1, -0.05) is 0 Å². The lowest BCUT2D eigenvalue weighted by Gasteiger charge is -2.16. The summed E-state index contributed by atoms with van der Waals surface area (Å²) >= 11 is 1.15. The van der Waals surface area contributed by atoms with E-state index >= 15 is 0 Å². The minimum absolute atomic E-state index is 0.000528. The summed E-state index contributed by atoms with van der Waals surface area (Å²) in [4.78, 5) is 37.3. The predicted octanol–water partition coefficient (Wildman–Crippen LogP) is 3.46. The monoisotopic (exact) mass is 406 g/mol. The zero-order valence-corrected chi connectivity index (χ0v) is 15.9. The molecule has 0 aliphatic carbocycles. The zero-order chi connectivity index (χ0) is 20.4. The smallest absolute Gasteiger partial charge is 0.351 e. The van der Waals surface area contributed by atoms with Gasteiger partial charge in [0.2, 0.25) is 0 Å². The van der Waals surface area contributed by atoms with E-state index in [1.807, 2.05) is 0 Å². The number of hydrogen-bond acceptors (Lipinski definition) is 7. The second-order valence-corrected chi connectivity index (χ2v) is 6.65. The Kier molecular flexibility index (Phi) is 5.32. The summed E-state index contributed by atoms with van der Waals surface area (Å²) < 4.78 is 28.5. The second-order valence-electron chi connectivity index (χ2n) is 5.59. The number of methoxy groups -OCH3 is 2. The van der Waals surface area contributed by atoms with Crippen LogP contribution in [0.2, 0.25) is 0 Å². The molecular weight excluding hydrogens is 391 g/mol. The number of benzene rings is 1. The van der Waals surface area contributed by atoms with Gasteiger partial charge in [0.25, 0.3) is 0 Å².